The predicted molar refractivity (Wildman–Crippen MR) is 58.8 cm³/mol. The van der Waals surface area contributed by atoms with Gasteiger partial charge in [0.05, 0.1) is 5.25 Å². The van der Waals surface area contributed by atoms with E-state index >= 15 is 0 Å². The van der Waals surface area contributed by atoms with E-state index in [1.54, 1.807) is 0 Å². The van der Waals surface area contributed by atoms with E-state index in [0.29, 0.717) is 11.8 Å². The summed E-state index contributed by atoms with van der Waals surface area (Å²) in [5.74, 6) is 1.08. The fraction of sp³-hybridized carbons (Fsp3) is 1.00. The minimum absolute atomic E-state index is 0.153. The van der Waals surface area contributed by atoms with Gasteiger partial charge in [0.25, 0.3) is 0 Å². The van der Waals surface area contributed by atoms with Gasteiger partial charge >= 0.3 is 0 Å². The van der Waals surface area contributed by atoms with Gasteiger partial charge in [-0.2, -0.15) is 0 Å². The molecule has 14 heavy (non-hydrogen) atoms. The Kier molecular flexibility index (Phi) is 3.58. The van der Waals surface area contributed by atoms with Crippen LogP contribution in [-0.4, -0.2) is 26.0 Å². The molecule has 84 valence electrons. The van der Waals surface area contributed by atoms with Crippen LogP contribution in [0.1, 0.15) is 33.1 Å². The van der Waals surface area contributed by atoms with Gasteiger partial charge in [0, 0.05) is 12.3 Å². The number of nitrogens with two attached hydrogens (primary N) is 1. The first-order valence-corrected chi connectivity index (χ1v) is 7.22. The minimum Gasteiger partial charge on any atom is -0.327 e. The van der Waals surface area contributed by atoms with Crippen molar-refractivity contribution in [2.45, 2.75) is 44.4 Å². The average molecular weight is 219 g/mol. The number of rotatable bonds is 2. The summed E-state index contributed by atoms with van der Waals surface area (Å²) in [7, 11) is -2.97. The smallest absolute Gasteiger partial charge is 0.151 e. The Balaban J connectivity index is 2.75. The molecule has 0 heterocycles. The van der Waals surface area contributed by atoms with E-state index < -0.39 is 9.84 Å². The van der Waals surface area contributed by atoms with Gasteiger partial charge in [-0.25, -0.2) is 8.42 Å². The SMILES string of the molecule is CC(C)C1CCC(N)C(S(C)(=O)=O)C1. The van der Waals surface area contributed by atoms with E-state index in [9.17, 15) is 8.42 Å². The lowest BCUT2D eigenvalue weighted by Crippen LogP contribution is -2.45. The molecule has 0 radical (unpaired) electrons. The summed E-state index contributed by atoms with van der Waals surface area (Å²) in [6.45, 7) is 4.31. The predicted octanol–water partition coefficient (Wildman–Crippen LogP) is 1.18. The van der Waals surface area contributed by atoms with Gasteiger partial charge in [-0.3, -0.25) is 0 Å². The van der Waals surface area contributed by atoms with Crippen LogP contribution in [0.5, 0.6) is 0 Å². The van der Waals surface area contributed by atoms with Crippen LogP contribution in [0.15, 0.2) is 0 Å². The maximum atomic E-state index is 11.5. The quantitative estimate of drug-likeness (QED) is 0.758. The van der Waals surface area contributed by atoms with Crippen LogP contribution in [0, 0.1) is 11.8 Å². The van der Waals surface area contributed by atoms with Crippen molar-refractivity contribution in [3.8, 4) is 0 Å². The molecule has 0 aliphatic heterocycles. The summed E-state index contributed by atoms with van der Waals surface area (Å²) in [5.41, 5.74) is 5.85. The molecule has 0 aromatic heterocycles. The number of sulfone groups is 1. The fourth-order valence-corrected chi connectivity index (χ4v) is 3.65. The second-order valence-electron chi connectivity index (χ2n) is 4.85. The average Bonchev–Trinajstić information content (AvgIpc) is 2.02. The first kappa shape index (κ1) is 12.0. The summed E-state index contributed by atoms with van der Waals surface area (Å²) in [6.07, 6.45) is 3.98. The van der Waals surface area contributed by atoms with Gasteiger partial charge in [0.2, 0.25) is 0 Å². The summed E-state index contributed by atoms with van der Waals surface area (Å²) >= 11 is 0. The van der Waals surface area contributed by atoms with Crippen molar-refractivity contribution in [2.75, 3.05) is 6.26 Å². The lowest BCUT2D eigenvalue weighted by atomic mass is 9.79. The lowest BCUT2D eigenvalue weighted by Gasteiger charge is -2.34. The van der Waals surface area contributed by atoms with Crippen LogP contribution in [0.2, 0.25) is 0 Å². The Morgan fingerprint density at radius 3 is 2.29 bits per heavy atom. The van der Waals surface area contributed by atoms with Crippen molar-refractivity contribution in [1.82, 2.24) is 0 Å². The first-order valence-electron chi connectivity index (χ1n) is 5.26. The van der Waals surface area contributed by atoms with Crippen LogP contribution < -0.4 is 5.73 Å². The molecule has 3 unspecified atom stereocenters. The highest BCUT2D eigenvalue weighted by atomic mass is 32.2. The second kappa shape index (κ2) is 4.19. The van der Waals surface area contributed by atoms with Gasteiger partial charge in [-0.05, 0) is 31.1 Å². The van der Waals surface area contributed by atoms with Gasteiger partial charge < -0.3 is 5.73 Å². The normalized spacial score (nSPS) is 34.8. The molecule has 0 saturated heterocycles. The third kappa shape index (κ3) is 2.70. The molecule has 4 heteroatoms. The molecule has 3 atom stereocenters. The van der Waals surface area contributed by atoms with E-state index in [-0.39, 0.29) is 11.3 Å². The molecule has 0 aromatic carbocycles. The van der Waals surface area contributed by atoms with Crippen LogP contribution >= 0.6 is 0 Å². The molecule has 1 aliphatic rings. The monoisotopic (exact) mass is 219 g/mol. The highest BCUT2D eigenvalue weighted by molar-refractivity contribution is 7.91. The zero-order valence-corrected chi connectivity index (χ0v) is 10.0. The van der Waals surface area contributed by atoms with Gasteiger partial charge in [0.1, 0.15) is 0 Å². The summed E-state index contributed by atoms with van der Waals surface area (Å²) < 4.78 is 23.0. The van der Waals surface area contributed by atoms with Crippen molar-refractivity contribution < 1.29 is 8.42 Å². The maximum Gasteiger partial charge on any atom is 0.151 e. The standard InChI is InChI=1S/C10H21NO2S/c1-7(2)8-4-5-9(11)10(6-8)14(3,12)13/h7-10H,4-6,11H2,1-3H3. The third-order valence-corrected chi connectivity index (χ3v) is 5.02. The Bertz CT molecular complexity index is 284. The number of hydrogen-bond acceptors (Lipinski definition) is 3. The maximum absolute atomic E-state index is 11.5. The largest absolute Gasteiger partial charge is 0.327 e. The third-order valence-electron chi connectivity index (χ3n) is 3.38. The molecule has 2 N–H and O–H groups in total. The van der Waals surface area contributed by atoms with E-state index in [0.717, 1.165) is 19.3 Å². The summed E-state index contributed by atoms with van der Waals surface area (Å²) in [6, 6.07) is -0.153. The van der Waals surface area contributed by atoms with Crippen molar-refractivity contribution in [2.24, 2.45) is 17.6 Å². The summed E-state index contributed by atoms with van der Waals surface area (Å²) in [5, 5.41) is -0.316. The van der Waals surface area contributed by atoms with E-state index in [2.05, 4.69) is 13.8 Å². The van der Waals surface area contributed by atoms with Gasteiger partial charge in [-0.15, -0.1) is 0 Å². The first-order chi connectivity index (χ1) is 6.32. The molecule has 1 rings (SSSR count). The Morgan fingerprint density at radius 1 is 1.29 bits per heavy atom. The van der Waals surface area contributed by atoms with E-state index in [1.165, 1.54) is 6.26 Å². The van der Waals surface area contributed by atoms with Crippen LogP contribution in [0.4, 0.5) is 0 Å². The Labute approximate surface area is 87.0 Å². The second-order valence-corrected chi connectivity index (χ2v) is 7.11. The summed E-state index contributed by atoms with van der Waals surface area (Å²) in [4.78, 5) is 0. The Hall–Kier alpha value is -0.0900. The topological polar surface area (TPSA) is 60.2 Å². The fourth-order valence-electron chi connectivity index (χ4n) is 2.28. The van der Waals surface area contributed by atoms with Crippen LogP contribution in [-0.2, 0) is 9.84 Å². The van der Waals surface area contributed by atoms with Crippen LogP contribution in [0.3, 0.4) is 0 Å². The van der Waals surface area contributed by atoms with Gasteiger partial charge in [-0.1, -0.05) is 13.8 Å². The molecule has 1 aliphatic carbocycles. The van der Waals surface area contributed by atoms with Gasteiger partial charge in [0.15, 0.2) is 9.84 Å². The minimum atomic E-state index is -2.97. The van der Waals surface area contributed by atoms with Crippen LogP contribution in [0.25, 0.3) is 0 Å². The molecule has 0 amide bonds. The number of hydrogen-bond donors (Lipinski definition) is 1. The molecule has 1 saturated carbocycles. The lowest BCUT2D eigenvalue weighted by molar-refractivity contribution is 0.261. The van der Waals surface area contributed by atoms with E-state index in [4.69, 9.17) is 5.73 Å². The molecule has 0 bridgehead atoms. The molecule has 0 aromatic rings. The molecule has 0 spiro atoms. The molecule has 3 nitrogen and oxygen atoms in total. The highest BCUT2D eigenvalue weighted by Gasteiger charge is 2.35. The van der Waals surface area contributed by atoms with Crippen molar-refractivity contribution in [3.63, 3.8) is 0 Å². The highest BCUT2D eigenvalue weighted by Crippen LogP contribution is 2.32. The van der Waals surface area contributed by atoms with Crippen molar-refractivity contribution in [3.05, 3.63) is 0 Å². The Morgan fingerprint density at radius 2 is 1.86 bits per heavy atom. The van der Waals surface area contributed by atoms with E-state index in [1.807, 2.05) is 0 Å². The van der Waals surface area contributed by atoms with Crippen molar-refractivity contribution >= 4 is 9.84 Å². The molecular formula is C10H21NO2S. The van der Waals surface area contributed by atoms with Crippen molar-refractivity contribution in [1.29, 1.82) is 0 Å². The zero-order valence-electron chi connectivity index (χ0n) is 9.23. The zero-order chi connectivity index (χ0) is 10.9. The molecular weight excluding hydrogens is 198 g/mol. The molecule has 1 fully saturated rings.